The topological polar surface area (TPSA) is 95.9 Å². The smallest absolute Gasteiger partial charge is 0.306 e. The third-order valence-corrected chi connectivity index (χ3v) is 12.8. The Morgan fingerprint density at radius 2 is 0.774 bits per heavy atom. The van der Waals surface area contributed by atoms with E-state index in [4.69, 9.17) is 4.74 Å². The van der Waals surface area contributed by atoms with Gasteiger partial charge in [-0.15, -0.1) is 0 Å². The SMILES string of the molecule is CCCCCCCC/C=C\CCCCCC(=O)OC(CCCCCCCCC/C=C/CCCCCCCC)CC(=O)NC(CO)C(O)CCCCCCCCCCCCCCC. The molecule has 0 heterocycles. The maximum absolute atomic E-state index is 13.2. The number of hydrogen-bond acceptors (Lipinski definition) is 5. The Kier molecular flexibility index (Phi) is 49.0. The first-order valence-electron chi connectivity index (χ1n) is 27.6. The molecule has 0 bridgehead atoms. The average molecular weight is 874 g/mol. The Balaban J connectivity index is 4.57. The molecule has 0 aliphatic heterocycles. The van der Waals surface area contributed by atoms with E-state index in [1.807, 2.05) is 0 Å². The van der Waals surface area contributed by atoms with Crippen molar-refractivity contribution in [3.05, 3.63) is 24.3 Å². The molecule has 3 N–H and O–H groups in total. The highest BCUT2D eigenvalue weighted by Gasteiger charge is 2.24. The monoisotopic (exact) mass is 874 g/mol. The summed E-state index contributed by atoms with van der Waals surface area (Å²) in [7, 11) is 0. The fourth-order valence-electron chi connectivity index (χ4n) is 8.54. The van der Waals surface area contributed by atoms with Crippen LogP contribution in [0, 0.1) is 0 Å². The number of hydrogen-bond donors (Lipinski definition) is 3. The van der Waals surface area contributed by atoms with E-state index in [1.165, 1.54) is 193 Å². The number of amides is 1. The summed E-state index contributed by atoms with van der Waals surface area (Å²) in [6, 6.07) is -0.702. The third kappa shape index (κ3) is 44.9. The number of allylic oxidation sites excluding steroid dienone is 4. The Morgan fingerprint density at radius 1 is 0.452 bits per heavy atom. The number of carbonyl (C=O) groups is 2. The van der Waals surface area contributed by atoms with E-state index >= 15 is 0 Å². The van der Waals surface area contributed by atoms with Gasteiger partial charge in [-0.3, -0.25) is 9.59 Å². The van der Waals surface area contributed by atoms with Crippen molar-refractivity contribution in [3.8, 4) is 0 Å². The molecule has 3 unspecified atom stereocenters. The molecular weight excluding hydrogens is 767 g/mol. The van der Waals surface area contributed by atoms with Crippen LogP contribution in [-0.4, -0.2) is 46.9 Å². The highest BCUT2D eigenvalue weighted by Crippen LogP contribution is 2.18. The lowest BCUT2D eigenvalue weighted by molar-refractivity contribution is -0.151. The summed E-state index contributed by atoms with van der Waals surface area (Å²) in [5, 5.41) is 23.8. The third-order valence-electron chi connectivity index (χ3n) is 12.8. The summed E-state index contributed by atoms with van der Waals surface area (Å²) in [4.78, 5) is 26.2. The minimum Gasteiger partial charge on any atom is -0.462 e. The maximum Gasteiger partial charge on any atom is 0.306 e. The highest BCUT2D eigenvalue weighted by atomic mass is 16.5. The molecule has 0 saturated carbocycles. The molecule has 1 amide bonds. The van der Waals surface area contributed by atoms with Crippen molar-refractivity contribution in [1.29, 1.82) is 0 Å². The van der Waals surface area contributed by atoms with E-state index in [1.54, 1.807) is 0 Å². The molecule has 0 saturated heterocycles. The van der Waals surface area contributed by atoms with Crippen LogP contribution in [0.4, 0.5) is 0 Å². The Labute approximate surface area is 386 Å². The van der Waals surface area contributed by atoms with E-state index < -0.39 is 18.2 Å². The largest absolute Gasteiger partial charge is 0.462 e. The van der Waals surface area contributed by atoms with Gasteiger partial charge < -0.3 is 20.3 Å². The van der Waals surface area contributed by atoms with Gasteiger partial charge in [-0.25, -0.2) is 0 Å². The molecule has 0 aromatic carbocycles. The van der Waals surface area contributed by atoms with Crippen molar-refractivity contribution in [1.82, 2.24) is 5.32 Å². The number of aliphatic hydroxyl groups excluding tert-OH is 2. The molecule has 6 nitrogen and oxygen atoms in total. The van der Waals surface area contributed by atoms with Gasteiger partial charge in [0.25, 0.3) is 0 Å². The first kappa shape index (κ1) is 60.3. The van der Waals surface area contributed by atoms with Crippen LogP contribution in [0.5, 0.6) is 0 Å². The maximum atomic E-state index is 13.2. The number of carbonyl (C=O) groups excluding carboxylic acids is 2. The van der Waals surface area contributed by atoms with Crippen molar-refractivity contribution in [2.45, 2.75) is 315 Å². The molecule has 0 aliphatic carbocycles. The summed E-state index contributed by atoms with van der Waals surface area (Å²) in [5.41, 5.74) is 0. The van der Waals surface area contributed by atoms with E-state index in [0.29, 0.717) is 19.3 Å². The van der Waals surface area contributed by atoms with Gasteiger partial charge >= 0.3 is 5.97 Å². The van der Waals surface area contributed by atoms with Crippen molar-refractivity contribution in [2.75, 3.05) is 6.61 Å². The van der Waals surface area contributed by atoms with Crippen LogP contribution in [0.2, 0.25) is 0 Å². The second-order valence-corrected chi connectivity index (χ2v) is 19.0. The van der Waals surface area contributed by atoms with Gasteiger partial charge in [0.2, 0.25) is 5.91 Å². The van der Waals surface area contributed by atoms with Crippen molar-refractivity contribution in [2.24, 2.45) is 0 Å². The molecule has 0 radical (unpaired) electrons. The Hall–Kier alpha value is -1.66. The van der Waals surface area contributed by atoms with Gasteiger partial charge in [0.05, 0.1) is 25.2 Å². The van der Waals surface area contributed by atoms with Crippen LogP contribution in [-0.2, 0) is 14.3 Å². The molecule has 0 spiro atoms. The van der Waals surface area contributed by atoms with Gasteiger partial charge in [0.15, 0.2) is 0 Å². The molecule has 0 fully saturated rings. The zero-order chi connectivity index (χ0) is 45.2. The first-order chi connectivity index (χ1) is 30.5. The normalized spacial score (nSPS) is 13.3. The van der Waals surface area contributed by atoms with Crippen LogP contribution in [0.3, 0.4) is 0 Å². The lowest BCUT2D eigenvalue weighted by Gasteiger charge is -2.24. The van der Waals surface area contributed by atoms with E-state index in [0.717, 1.165) is 57.8 Å². The molecule has 0 rings (SSSR count). The zero-order valence-electron chi connectivity index (χ0n) is 41.8. The zero-order valence-corrected chi connectivity index (χ0v) is 41.8. The van der Waals surface area contributed by atoms with Gasteiger partial charge in [-0.05, 0) is 77.0 Å². The number of ether oxygens (including phenoxy) is 1. The molecule has 6 heteroatoms. The summed E-state index contributed by atoms with van der Waals surface area (Å²) in [6.07, 6.45) is 58.1. The molecule has 0 aromatic rings. The lowest BCUT2D eigenvalue weighted by atomic mass is 10.0. The predicted molar refractivity (Wildman–Crippen MR) is 269 cm³/mol. The molecule has 62 heavy (non-hydrogen) atoms. The summed E-state index contributed by atoms with van der Waals surface area (Å²) < 4.78 is 5.94. The number of nitrogens with one attached hydrogen (secondary N) is 1. The Morgan fingerprint density at radius 3 is 1.15 bits per heavy atom. The van der Waals surface area contributed by atoms with Gasteiger partial charge in [-0.2, -0.15) is 0 Å². The average Bonchev–Trinajstić information content (AvgIpc) is 3.26. The standard InChI is InChI=1S/C56H107NO5/c1-4-7-10-13-16-19-22-25-26-27-28-31-32-35-38-41-44-47-52(62-56(61)49-46-43-40-37-34-30-24-21-18-15-12-9-6-3)50-55(60)57-53(51-58)54(59)48-45-42-39-36-33-29-23-20-17-14-11-8-5-2/h25-26,30,34,52-54,58-59H,4-24,27-29,31-33,35-51H2,1-3H3,(H,57,60)/b26-25+,34-30-. The van der Waals surface area contributed by atoms with Crippen LogP contribution in [0.15, 0.2) is 24.3 Å². The number of esters is 1. The van der Waals surface area contributed by atoms with Crippen molar-refractivity contribution in [3.63, 3.8) is 0 Å². The molecule has 3 atom stereocenters. The van der Waals surface area contributed by atoms with Crippen LogP contribution in [0.25, 0.3) is 0 Å². The molecule has 366 valence electrons. The molecule has 0 aliphatic rings. The first-order valence-corrected chi connectivity index (χ1v) is 27.6. The van der Waals surface area contributed by atoms with Crippen LogP contribution < -0.4 is 5.32 Å². The summed E-state index contributed by atoms with van der Waals surface area (Å²) >= 11 is 0. The lowest BCUT2D eigenvalue weighted by Crippen LogP contribution is -2.46. The van der Waals surface area contributed by atoms with Crippen LogP contribution in [0.1, 0.15) is 297 Å². The van der Waals surface area contributed by atoms with Gasteiger partial charge in [0.1, 0.15) is 6.10 Å². The van der Waals surface area contributed by atoms with E-state index in [9.17, 15) is 19.8 Å². The quantitative estimate of drug-likeness (QED) is 0.0321. The molecular formula is C56H107NO5. The fraction of sp³-hybridized carbons (Fsp3) is 0.893. The van der Waals surface area contributed by atoms with Crippen molar-refractivity contribution < 1.29 is 24.5 Å². The summed E-state index contributed by atoms with van der Waals surface area (Å²) in [6.45, 7) is 6.49. The van der Waals surface area contributed by atoms with E-state index in [2.05, 4.69) is 50.4 Å². The molecule has 0 aromatic heterocycles. The minimum atomic E-state index is -0.788. The minimum absolute atomic E-state index is 0.0729. The van der Waals surface area contributed by atoms with Crippen molar-refractivity contribution >= 4 is 11.9 Å². The van der Waals surface area contributed by atoms with Crippen LogP contribution >= 0.6 is 0 Å². The van der Waals surface area contributed by atoms with Gasteiger partial charge in [0, 0.05) is 6.42 Å². The number of rotatable bonds is 50. The number of unbranched alkanes of at least 4 members (excludes halogenated alkanes) is 34. The summed E-state index contributed by atoms with van der Waals surface area (Å²) in [5.74, 6) is -0.483. The number of aliphatic hydroxyl groups is 2. The van der Waals surface area contributed by atoms with Gasteiger partial charge in [-0.1, -0.05) is 231 Å². The van der Waals surface area contributed by atoms with E-state index in [-0.39, 0.29) is 24.9 Å². The Bertz CT molecular complexity index is 981. The highest BCUT2D eigenvalue weighted by molar-refractivity contribution is 5.77. The predicted octanol–water partition coefficient (Wildman–Crippen LogP) is 16.7. The fourth-order valence-corrected chi connectivity index (χ4v) is 8.54. The second kappa shape index (κ2) is 50.3. The second-order valence-electron chi connectivity index (χ2n) is 19.0.